The molecule has 0 aromatic rings. The summed E-state index contributed by atoms with van der Waals surface area (Å²) in [6.45, 7) is 2.16. The van der Waals surface area contributed by atoms with Gasteiger partial charge in [-0.25, -0.2) is 0 Å². The Balaban J connectivity index is 3.13. The Morgan fingerprint density at radius 3 is 2.60 bits per heavy atom. The smallest absolute Gasteiger partial charge is 0.00715 e. The van der Waals surface area contributed by atoms with Gasteiger partial charge in [0.25, 0.3) is 0 Å². The van der Waals surface area contributed by atoms with Crippen LogP contribution in [-0.4, -0.2) is 10.2 Å². The zero-order valence-corrected chi connectivity index (χ0v) is 8.06. The largest absolute Gasteiger partial charge is 0.0935 e. The zero-order valence-electron chi connectivity index (χ0n) is 6.43. The van der Waals surface area contributed by atoms with E-state index in [4.69, 9.17) is 24.4 Å². The Morgan fingerprint density at radius 1 is 1.40 bits per heavy atom. The summed E-state index contributed by atoms with van der Waals surface area (Å²) in [6, 6.07) is 0. The lowest BCUT2D eigenvalue weighted by atomic mass is 10.1. The summed E-state index contributed by atoms with van der Waals surface area (Å²) >= 11 is 9.82. The van der Waals surface area contributed by atoms with Gasteiger partial charge in [-0.2, -0.15) is 0 Å². The molecule has 0 aliphatic heterocycles. The van der Waals surface area contributed by atoms with E-state index in [0.717, 1.165) is 25.7 Å². The van der Waals surface area contributed by atoms with E-state index in [1.54, 1.807) is 5.37 Å². The van der Waals surface area contributed by atoms with Gasteiger partial charge in [-0.1, -0.05) is 37.8 Å². The number of rotatable bonds is 6. The van der Waals surface area contributed by atoms with Gasteiger partial charge in [0, 0.05) is 0 Å². The molecule has 58 valence electrons. The van der Waals surface area contributed by atoms with Crippen molar-refractivity contribution in [3.63, 3.8) is 0 Å². The van der Waals surface area contributed by atoms with Crippen LogP contribution in [0.4, 0.5) is 0 Å². The fraction of sp³-hybridized carbons (Fsp3) is 0.750. The number of hydrogen-bond acceptors (Lipinski definition) is 2. The molecule has 2 heteroatoms. The van der Waals surface area contributed by atoms with Crippen molar-refractivity contribution in [1.82, 2.24) is 0 Å². The standard InChI is InChI=1S/C8H14S2/c1-2-5-8(10)6-3-4-7-9/h7H,2-6H2,1H3. The van der Waals surface area contributed by atoms with Gasteiger partial charge in [0.2, 0.25) is 0 Å². The molecule has 0 amide bonds. The van der Waals surface area contributed by atoms with E-state index in [1.807, 2.05) is 0 Å². The third kappa shape index (κ3) is 6.30. The van der Waals surface area contributed by atoms with Gasteiger partial charge in [0.05, 0.1) is 0 Å². The maximum atomic E-state index is 5.12. The summed E-state index contributed by atoms with van der Waals surface area (Å²) in [5, 5.41) is 1.79. The van der Waals surface area contributed by atoms with Crippen molar-refractivity contribution in [1.29, 1.82) is 0 Å². The molecule has 0 aliphatic rings. The molecule has 0 heterocycles. The Bertz CT molecular complexity index is 108. The zero-order chi connectivity index (χ0) is 7.82. The third-order valence-corrected chi connectivity index (χ3v) is 1.95. The summed E-state index contributed by atoms with van der Waals surface area (Å²) in [5.74, 6) is 0. The van der Waals surface area contributed by atoms with Crippen molar-refractivity contribution in [3.05, 3.63) is 0 Å². The van der Waals surface area contributed by atoms with Gasteiger partial charge in [0.1, 0.15) is 0 Å². The molecule has 0 aliphatic carbocycles. The normalized spacial score (nSPS) is 9.30. The minimum Gasteiger partial charge on any atom is -0.0935 e. The quantitative estimate of drug-likeness (QED) is 0.447. The second kappa shape index (κ2) is 7.29. The number of thiocarbonyl (C=S) groups is 2. The van der Waals surface area contributed by atoms with Crippen LogP contribution in [0.3, 0.4) is 0 Å². The fourth-order valence-electron chi connectivity index (χ4n) is 0.786. The summed E-state index contributed by atoms with van der Waals surface area (Å²) in [4.78, 5) is 1.21. The summed E-state index contributed by atoms with van der Waals surface area (Å²) in [5.41, 5.74) is 0. The van der Waals surface area contributed by atoms with Gasteiger partial charge in [0.15, 0.2) is 0 Å². The van der Waals surface area contributed by atoms with Gasteiger partial charge in [-0.15, -0.1) is 0 Å². The molecule has 0 atom stereocenters. The lowest BCUT2D eigenvalue weighted by Gasteiger charge is -1.97. The van der Waals surface area contributed by atoms with Crippen LogP contribution in [0, 0.1) is 0 Å². The van der Waals surface area contributed by atoms with E-state index in [1.165, 1.54) is 11.3 Å². The molecule has 0 spiro atoms. The first kappa shape index (κ1) is 10.2. The number of hydrogen-bond donors (Lipinski definition) is 0. The van der Waals surface area contributed by atoms with Crippen molar-refractivity contribution in [2.24, 2.45) is 0 Å². The molecule has 0 unspecified atom stereocenters. The minimum absolute atomic E-state index is 1.03. The number of unbranched alkanes of at least 4 members (excludes halogenated alkanes) is 1. The van der Waals surface area contributed by atoms with Crippen LogP contribution in [0.1, 0.15) is 39.0 Å². The highest BCUT2D eigenvalue weighted by molar-refractivity contribution is 7.80. The highest BCUT2D eigenvalue weighted by atomic mass is 32.1. The van der Waals surface area contributed by atoms with Crippen LogP contribution in [0.25, 0.3) is 0 Å². The molecular formula is C8H14S2. The highest BCUT2D eigenvalue weighted by Crippen LogP contribution is 2.02. The van der Waals surface area contributed by atoms with Crippen molar-refractivity contribution in [2.75, 3.05) is 0 Å². The summed E-state index contributed by atoms with van der Waals surface area (Å²) in [7, 11) is 0. The molecular weight excluding hydrogens is 160 g/mol. The van der Waals surface area contributed by atoms with Gasteiger partial charge >= 0.3 is 0 Å². The summed E-state index contributed by atoms with van der Waals surface area (Å²) in [6.07, 6.45) is 5.53. The van der Waals surface area contributed by atoms with Crippen molar-refractivity contribution in [3.8, 4) is 0 Å². The topological polar surface area (TPSA) is 0 Å². The SMILES string of the molecule is CCCC(=S)CCCC=S. The van der Waals surface area contributed by atoms with Crippen LogP contribution in [0.2, 0.25) is 0 Å². The minimum atomic E-state index is 1.03. The first-order valence-electron chi connectivity index (χ1n) is 3.76. The van der Waals surface area contributed by atoms with Crippen LogP contribution >= 0.6 is 24.4 Å². The molecule has 0 rings (SSSR count). The predicted molar refractivity (Wildman–Crippen MR) is 55.0 cm³/mol. The van der Waals surface area contributed by atoms with E-state index in [-0.39, 0.29) is 0 Å². The fourth-order valence-corrected chi connectivity index (χ4v) is 1.30. The molecule has 0 N–H and O–H groups in total. The first-order chi connectivity index (χ1) is 4.81. The molecule has 0 radical (unpaired) electrons. The Kier molecular flexibility index (Phi) is 7.42. The molecule has 0 saturated carbocycles. The molecule has 0 fully saturated rings. The van der Waals surface area contributed by atoms with Crippen LogP contribution in [0.15, 0.2) is 0 Å². The molecule has 0 aromatic heterocycles. The van der Waals surface area contributed by atoms with Gasteiger partial charge < -0.3 is 0 Å². The van der Waals surface area contributed by atoms with Crippen LogP contribution in [-0.2, 0) is 0 Å². The molecule has 0 nitrogen and oxygen atoms in total. The van der Waals surface area contributed by atoms with E-state index >= 15 is 0 Å². The molecule has 0 saturated heterocycles. The molecule has 0 bridgehead atoms. The van der Waals surface area contributed by atoms with E-state index in [0.29, 0.717) is 0 Å². The predicted octanol–water partition coefficient (Wildman–Crippen LogP) is 3.33. The first-order valence-corrected chi connectivity index (χ1v) is 4.64. The van der Waals surface area contributed by atoms with Crippen molar-refractivity contribution in [2.45, 2.75) is 39.0 Å². The monoisotopic (exact) mass is 174 g/mol. The molecule has 0 aromatic carbocycles. The van der Waals surface area contributed by atoms with E-state index in [2.05, 4.69) is 6.92 Å². The lowest BCUT2D eigenvalue weighted by molar-refractivity contribution is 0.904. The highest BCUT2D eigenvalue weighted by Gasteiger charge is 1.93. The third-order valence-electron chi connectivity index (χ3n) is 1.31. The maximum absolute atomic E-state index is 5.12. The van der Waals surface area contributed by atoms with Gasteiger partial charge in [-0.3, -0.25) is 0 Å². The lowest BCUT2D eigenvalue weighted by Crippen LogP contribution is -1.92. The van der Waals surface area contributed by atoms with Crippen molar-refractivity contribution < 1.29 is 0 Å². The van der Waals surface area contributed by atoms with E-state index < -0.39 is 0 Å². The maximum Gasteiger partial charge on any atom is -0.00715 e. The second-order valence-electron chi connectivity index (χ2n) is 2.35. The summed E-state index contributed by atoms with van der Waals surface area (Å²) < 4.78 is 0. The Labute approximate surface area is 74.0 Å². The average Bonchev–Trinajstić information content (AvgIpc) is 1.89. The molecule has 10 heavy (non-hydrogen) atoms. The van der Waals surface area contributed by atoms with Gasteiger partial charge in [-0.05, 0) is 35.9 Å². The van der Waals surface area contributed by atoms with Crippen molar-refractivity contribution >= 4 is 34.7 Å². The second-order valence-corrected chi connectivity index (χ2v) is 3.26. The van der Waals surface area contributed by atoms with Crippen LogP contribution in [0.5, 0.6) is 0 Å². The van der Waals surface area contributed by atoms with E-state index in [9.17, 15) is 0 Å². The Hall–Kier alpha value is 0.180. The van der Waals surface area contributed by atoms with Crippen LogP contribution < -0.4 is 0 Å². The Morgan fingerprint density at radius 2 is 2.10 bits per heavy atom. The average molecular weight is 174 g/mol.